The van der Waals surface area contributed by atoms with Crippen LogP contribution in [0.1, 0.15) is 31.2 Å². The zero-order valence-corrected chi connectivity index (χ0v) is 13.3. The van der Waals surface area contributed by atoms with Gasteiger partial charge in [0, 0.05) is 11.6 Å². The van der Waals surface area contributed by atoms with Crippen molar-refractivity contribution in [1.29, 1.82) is 0 Å². The van der Waals surface area contributed by atoms with Crippen molar-refractivity contribution in [2.75, 3.05) is 0 Å². The fourth-order valence-corrected chi connectivity index (χ4v) is 3.93. The van der Waals surface area contributed by atoms with Crippen LogP contribution in [0.5, 0.6) is 0 Å². The number of tetrazole rings is 1. The minimum atomic E-state index is -0.0181. The van der Waals surface area contributed by atoms with Gasteiger partial charge in [-0.25, -0.2) is 0 Å². The molecule has 23 heavy (non-hydrogen) atoms. The number of benzene rings is 1. The van der Waals surface area contributed by atoms with Crippen LogP contribution >= 0.6 is 0 Å². The monoisotopic (exact) mass is 311 g/mol. The first-order valence-corrected chi connectivity index (χ1v) is 8.31. The predicted octanol–water partition coefficient (Wildman–Crippen LogP) is 1.95. The Kier molecular flexibility index (Phi) is 3.59. The summed E-state index contributed by atoms with van der Waals surface area (Å²) >= 11 is 0. The summed E-state index contributed by atoms with van der Waals surface area (Å²) in [5.74, 6) is 2.03. The van der Waals surface area contributed by atoms with Gasteiger partial charge in [-0.05, 0) is 43.2 Å². The van der Waals surface area contributed by atoms with E-state index in [-0.39, 0.29) is 12.5 Å². The first-order chi connectivity index (χ1) is 11.2. The number of aryl methyl sites for hydroxylation is 1. The minimum Gasteiger partial charge on any atom is -0.351 e. The molecule has 2 bridgehead atoms. The van der Waals surface area contributed by atoms with Crippen molar-refractivity contribution in [2.24, 2.45) is 11.8 Å². The lowest BCUT2D eigenvalue weighted by molar-refractivity contribution is -0.123. The van der Waals surface area contributed by atoms with Crippen molar-refractivity contribution in [3.05, 3.63) is 29.8 Å². The van der Waals surface area contributed by atoms with Crippen LogP contribution in [0.25, 0.3) is 11.4 Å². The van der Waals surface area contributed by atoms with E-state index < -0.39 is 0 Å². The molecule has 6 nitrogen and oxygen atoms in total. The number of aromatic nitrogens is 4. The molecule has 1 amide bonds. The number of hydrogen-bond acceptors (Lipinski definition) is 4. The van der Waals surface area contributed by atoms with E-state index in [9.17, 15) is 4.79 Å². The van der Waals surface area contributed by atoms with Crippen molar-refractivity contribution in [1.82, 2.24) is 25.5 Å². The van der Waals surface area contributed by atoms with Gasteiger partial charge in [-0.3, -0.25) is 4.79 Å². The fraction of sp³-hybridized carbons (Fsp3) is 0.529. The fourth-order valence-electron chi connectivity index (χ4n) is 3.93. The van der Waals surface area contributed by atoms with Gasteiger partial charge in [-0.1, -0.05) is 36.2 Å². The van der Waals surface area contributed by atoms with Gasteiger partial charge >= 0.3 is 0 Å². The maximum atomic E-state index is 12.2. The van der Waals surface area contributed by atoms with Crippen LogP contribution in [0.4, 0.5) is 0 Å². The molecule has 3 atom stereocenters. The first kappa shape index (κ1) is 14.4. The summed E-state index contributed by atoms with van der Waals surface area (Å²) in [4.78, 5) is 13.6. The Labute approximate surface area is 135 Å². The summed E-state index contributed by atoms with van der Waals surface area (Å²) < 4.78 is 0. The van der Waals surface area contributed by atoms with Crippen LogP contribution in [-0.2, 0) is 11.3 Å². The Morgan fingerprint density at radius 1 is 1.26 bits per heavy atom. The highest BCUT2D eigenvalue weighted by atomic mass is 16.2. The lowest BCUT2D eigenvalue weighted by atomic mass is 9.95. The first-order valence-electron chi connectivity index (χ1n) is 8.31. The summed E-state index contributed by atoms with van der Waals surface area (Å²) in [6.07, 6.45) is 5.01. The summed E-state index contributed by atoms with van der Waals surface area (Å²) in [6, 6.07) is 8.30. The van der Waals surface area contributed by atoms with Gasteiger partial charge in [0.2, 0.25) is 11.7 Å². The average molecular weight is 311 g/mol. The molecule has 2 aromatic rings. The van der Waals surface area contributed by atoms with Crippen LogP contribution in [0.2, 0.25) is 0 Å². The molecule has 0 saturated heterocycles. The van der Waals surface area contributed by atoms with E-state index in [1.807, 2.05) is 31.2 Å². The van der Waals surface area contributed by atoms with Crippen molar-refractivity contribution in [3.63, 3.8) is 0 Å². The summed E-state index contributed by atoms with van der Waals surface area (Å²) in [7, 11) is 0. The molecule has 4 rings (SSSR count). The lowest BCUT2D eigenvalue weighted by Gasteiger charge is -2.22. The highest BCUT2D eigenvalue weighted by Gasteiger charge is 2.40. The molecule has 1 N–H and O–H groups in total. The Hall–Kier alpha value is -2.24. The molecule has 6 heteroatoms. The number of rotatable bonds is 4. The smallest absolute Gasteiger partial charge is 0.243 e. The Morgan fingerprint density at radius 2 is 2.09 bits per heavy atom. The number of carbonyl (C=O) groups excluding carboxylic acids is 1. The van der Waals surface area contributed by atoms with Gasteiger partial charge in [0.25, 0.3) is 0 Å². The molecule has 0 unspecified atom stereocenters. The highest BCUT2D eigenvalue weighted by molar-refractivity contribution is 5.76. The van der Waals surface area contributed by atoms with Crippen molar-refractivity contribution >= 4 is 5.91 Å². The number of nitrogens with zero attached hydrogens (tertiary/aromatic N) is 4. The largest absolute Gasteiger partial charge is 0.351 e. The molecule has 2 aliphatic rings. The molecule has 1 aromatic heterocycles. The van der Waals surface area contributed by atoms with E-state index in [2.05, 4.69) is 20.7 Å². The quantitative estimate of drug-likeness (QED) is 0.937. The maximum absolute atomic E-state index is 12.2. The molecule has 0 aliphatic heterocycles. The zero-order chi connectivity index (χ0) is 15.8. The summed E-state index contributed by atoms with van der Waals surface area (Å²) in [5, 5.41) is 15.5. The van der Waals surface area contributed by atoms with E-state index in [1.165, 1.54) is 29.6 Å². The van der Waals surface area contributed by atoms with Crippen molar-refractivity contribution in [3.8, 4) is 11.4 Å². The molecule has 2 aliphatic carbocycles. The number of fused-ring (bicyclic) bond motifs is 2. The standard InChI is InChI=1S/C17H21N5O/c1-11-2-5-13(6-3-11)17-19-21-22(20-17)10-16(23)18-15-9-12-4-7-14(15)8-12/h2-3,5-6,12,14-15H,4,7-10H2,1H3,(H,18,23)/t12-,14-,15+/m1/s1. The van der Waals surface area contributed by atoms with Crippen LogP contribution in [0, 0.1) is 18.8 Å². The van der Waals surface area contributed by atoms with Crippen LogP contribution in [-0.4, -0.2) is 32.2 Å². The van der Waals surface area contributed by atoms with Gasteiger partial charge in [-0.15, -0.1) is 10.2 Å². The summed E-state index contributed by atoms with van der Waals surface area (Å²) in [5.41, 5.74) is 2.10. The molecule has 1 aromatic carbocycles. The second-order valence-corrected chi connectivity index (χ2v) is 6.86. The van der Waals surface area contributed by atoms with E-state index in [1.54, 1.807) is 0 Å². The van der Waals surface area contributed by atoms with E-state index in [0.717, 1.165) is 17.9 Å². The van der Waals surface area contributed by atoms with E-state index >= 15 is 0 Å². The van der Waals surface area contributed by atoms with Gasteiger partial charge in [0.1, 0.15) is 6.54 Å². The maximum Gasteiger partial charge on any atom is 0.243 e. The number of nitrogens with one attached hydrogen (secondary N) is 1. The van der Waals surface area contributed by atoms with Gasteiger partial charge < -0.3 is 5.32 Å². The molecule has 120 valence electrons. The molecular formula is C17H21N5O. The molecular weight excluding hydrogens is 290 g/mol. The third kappa shape index (κ3) is 2.98. The molecule has 0 spiro atoms. The normalized spacial score (nSPS) is 25.7. The van der Waals surface area contributed by atoms with Crippen LogP contribution in [0.15, 0.2) is 24.3 Å². The molecule has 1 heterocycles. The molecule has 2 saturated carbocycles. The zero-order valence-electron chi connectivity index (χ0n) is 13.3. The Morgan fingerprint density at radius 3 is 2.78 bits per heavy atom. The second-order valence-electron chi connectivity index (χ2n) is 6.86. The van der Waals surface area contributed by atoms with Crippen LogP contribution in [0.3, 0.4) is 0 Å². The topological polar surface area (TPSA) is 72.7 Å². The predicted molar refractivity (Wildman–Crippen MR) is 85.4 cm³/mol. The SMILES string of the molecule is Cc1ccc(-c2nnn(CC(=O)N[C@H]3C[C@@H]4CC[C@@H]3C4)n2)cc1. The number of hydrogen-bond donors (Lipinski definition) is 1. The lowest BCUT2D eigenvalue weighted by Crippen LogP contribution is -2.40. The van der Waals surface area contributed by atoms with Gasteiger partial charge in [-0.2, -0.15) is 4.80 Å². The third-order valence-corrected chi connectivity index (χ3v) is 5.13. The van der Waals surface area contributed by atoms with E-state index in [0.29, 0.717) is 17.8 Å². The van der Waals surface area contributed by atoms with Gasteiger partial charge in [0.15, 0.2) is 0 Å². The van der Waals surface area contributed by atoms with E-state index in [4.69, 9.17) is 0 Å². The minimum absolute atomic E-state index is 0.0181. The van der Waals surface area contributed by atoms with Crippen molar-refractivity contribution in [2.45, 2.75) is 45.2 Å². The average Bonchev–Trinajstić information content (AvgIpc) is 3.24. The second kappa shape index (κ2) is 5.76. The molecule has 2 fully saturated rings. The highest BCUT2D eigenvalue weighted by Crippen LogP contribution is 2.44. The molecule has 0 radical (unpaired) electrons. The Balaban J connectivity index is 1.37. The van der Waals surface area contributed by atoms with Crippen LogP contribution < -0.4 is 5.32 Å². The third-order valence-electron chi connectivity index (χ3n) is 5.13. The number of amides is 1. The Bertz CT molecular complexity index is 708. The van der Waals surface area contributed by atoms with Crippen molar-refractivity contribution < 1.29 is 4.79 Å². The van der Waals surface area contributed by atoms with Gasteiger partial charge in [0.05, 0.1) is 0 Å². The number of carbonyl (C=O) groups is 1. The summed E-state index contributed by atoms with van der Waals surface area (Å²) in [6.45, 7) is 2.17.